The first-order chi connectivity index (χ1) is 11.9. The molecule has 1 unspecified atom stereocenters. The first-order valence-electron chi connectivity index (χ1n) is 7.67. The van der Waals surface area contributed by atoms with Gasteiger partial charge in [0.1, 0.15) is 6.54 Å². The molecule has 134 valence electrons. The van der Waals surface area contributed by atoms with Crippen molar-refractivity contribution in [2.45, 2.75) is 6.54 Å². The van der Waals surface area contributed by atoms with Crippen molar-refractivity contribution in [3.63, 3.8) is 0 Å². The zero-order valence-corrected chi connectivity index (χ0v) is 16.3. The van der Waals surface area contributed by atoms with Crippen LogP contribution in [0.5, 0.6) is 0 Å². The van der Waals surface area contributed by atoms with Crippen LogP contribution < -0.4 is 10.2 Å². The Hall–Kier alpha value is -1.60. The molecule has 1 heterocycles. The molecule has 2 rings (SSSR count). The summed E-state index contributed by atoms with van der Waals surface area (Å²) in [7, 11) is 3.56. The zero-order chi connectivity index (χ0) is 18.4. The van der Waals surface area contributed by atoms with E-state index in [9.17, 15) is 9.59 Å². The average molecular weight is 401 g/mol. The number of carbonyl (C=O) groups excluding carboxylic acids is 2. The van der Waals surface area contributed by atoms with Gasteiger partial charge in [-0.25, -0.2) is 0 Å². The van der Waals surface area contributed by atoms with Crippen molar-refractivity contribution in [2.75, 3.05) is 32.5 Å². The fourth-order valence-corrected chi connectivity index (χ4v) is 3.46. The average Bonchev–Trinajstić information content (AvgIpc) is 3.03. The Morgan fingerprint density at radius 1 is 1.24 bits per heavy atom. The molecule has 1 aromatic heterocycles. The molecule has 0 bridgehead atoms. The Bertz CT molecular complexity index is 717. The van der Waals surface area contributed by atoms with Crippen LogP contribution in [0.15, 0.2) is 35.0 Å². The zero-order valence-electron chi connectivity index (χ0n) is 14.0. The van der Waals surface area contributed by atoms with Crippen LogP contribution in [0.3, 0.4) is 0 Å². The van der Waals surface area contributed by atoms with Crippen molar-refractivity contribution in [3.05, 3.63) is 50.6 Å². The van der Waals surface area contributed by atoms with E-state index < -0.39 is 0 Å². The number of thiophene rings is 1. The molecule has 0 spiro atoms. The van der Waals surface area contributed by atoms with E-state index in [1.54, 1.807) is 36.6 Å². The lowest BCUT2D eigenvalue weighted by Gasteiger charge is -2.20. The molecule has 0 aliphatic heterocycles. The number of rotatable bonds is 7. The highest BCUT2D eigenvalue weighted by molar-refractivity contribution is 7.07. The maximum absolute atomic E-state index is 12.3. The van der Waals surface area contributed by atoms with Gasteiger partial charge in [-0.2, -0.15) is 11.3 Å². The second-order valence-corrected chi connectivity index (χ2v) is 7.43. The van der Waals surface area contributed by atoms with E-state index in [0.29, 0.717) is 22.3 Å². The van der Waals surface area contributed by atoms with E-state index in [-0.39, 0.29) is 18.4 Å². The number of nitrogens with zero attached hydrogens (tertiary/aromatic N) is 1. The van der Waals surface area contributed by atoms with Gasteiger partial charge in [0, 0.05) is 12.6 Å². The van der Waals surface area contributed by atoms with E-state index in [2.05, 4.69) is 10.7 Å². The second kappa shape index (κ2) is 9.20. The minimum atomic E-state index is -0.346. The predicted molar refractivity (Wildman–Crippen MR) is 103 cm³/mol. The molecule has 25 heavy (non-hydrogen) atoms. The number of quaternary nitrogens is 1. The molecule has 5 nitrogen and oxygen atoms in total. The third-order valence-electron chi connectivity index (χ3n) is 3.57. The molecule has 2 N–H and O–H groups in total. The van der Waals surface area contributed by atoms with Crippen molar-refractivity contribution in [3.8, 4) is 0 Å². The Balaban J connectivity index is 1.84. The van der Waals surface area contributed by atoms with Gasteiger partial charge >= 0.3 is 0 Å². The number of para-hydroxylation sites is 1. The second-order valence-electron chi connectivity index (χ2n) is 5.84. The molecule has 0 saturated heterocycles. The molecule has 2 aromatic rings. The summed E-state index contributed by atoms with van der Waals surface area (Å²) in [6, 6.07) is 7.02. The number of benzene rings is 1. The molecule has 8 heteroatoms. The van der Waals surface area contributed by atoms with Gasteiger partial charge in [0.15, 0.2) is 6.54 Å². The number of carbonyl (C=O) groups is 2. The molecule has 1 atom stereocenters. The first-order valence-corrected chi connectivity index (χ1v) is 9.37. The number of likely N-dealkylation sites (N-methyl/N-ethyl adjacent to an activating group) is 2. The lowest BCUT2D eigenvalue weighted by atomic mass is 10.3. The van der Waals surface area contributed by atoms with Gasteiger partial charge in [0.25, 0.3) is 5.91 Å². The lowest BCUT2D eigenvalue weighted by Crippen LogP contribution is -3.08. The van der Waals surface area contributed by atoms with Crippen LogP contribution in [0.2, 0.25) is 10.0 Å². The van der Waals surface area contributed by atoms with Crippen molar-refractivity contribution in [1.82, 2.24) is 4.90 Å². The molecule has 2 amide bonds. The lowest BCUT2D eigenvalue weighted by molar-refractivity contribution is -0.885. The van der Waals surface area contributed by atoms with Gasteiger partial charge in [-0.05, 0) is 29.0 Å². The number of hydrogen-bond donors (Lipinski definition) is 2. The first kappa shape index (κ1) is 19.7. The monoisotopic (exact) mass is 400 g/mol. The fraction of sp³-hybridized carbons (Fsp3) is 0.294. The summed E-state index contributed by atoms with van der Waals surface area (Å²) in [5.41, 5.74) is 1.56. The highest BCUT2D eigenvalue weighted by atomic mass is 35.5. The Labute approximate surface area is 161 Å². The van der Waals surface area contributed by atoms with Gasteiger partial charge < -0.3 is 15.1 Å². The fourth-order valence-electron chi connectivity index (χ4n) is 2.30. The number of hydrogen-bond acceptors (Lipinski definition) is 3. The number of halogens is 2. The Morgan fingerprint density at radius 3 is 2.52 bits per heavy atom. The molecule has 0 aliphatic rings. The van der Waals surface area contributed by atoms with Crippen LogP contribution in [0.25, 0.3) is 0 Å². The SMILES string of the molecule is CN(CC(=O)Nc1c(Cl)cccc1Cl)C(=O)C[NH+](C)Cc1ccsc1. The highest BCUT2D eigenvalue weighted by Gasteiger charge is 2.18. The van der Waals surface area contributed by atoms with Crippen molar-refractivity contribution in [2.24, 2.45) is 0 Å². The van der Waals surface area contributed by atoms with Crippen LogP contribution in [0.4, 0.5) is 5.69 Å². The highest BCUT2D eigenvalue weighted by Crippen LogP contribution is 2.29. The minimum absolute atomic E-state index is 0.0634. The topological polar surface area (TPSA) is 53.9 Å². The molecule has 0 saturated carbocycles. The normalized spacial score (nSPS) is 11.8. The summed E-state index contributed by atoms with van der Waals surface area (Å²) in [4.78, 5) is 26.9. The van der Waals surface area contributed by atoms with Gasteiger partial charge in [0.05, 0.1) is 29.3 Å². The maximum Gasteiger partial charge on any atom is 0.277 e. The van der Waals surface area contributed by atoms with Crippen molar-refractivity contribution < 1.29 is 14.5 Å². The number of anilines is 1. The summed E-state index contributed by atoms with van der Waals surface area (Å²) >= 11 is 13.7. The molecular weight excluding hydrogens is 381 g/mol. The van der Waals surface area contributed by atoms with Crippen LogP contribution >= 0.6 is 34.5 Å². The minimum Gasteiger partial charge on any atom is -0.332 e. The third kappa shape index (κ3) is 6.01. The van der Waals surface area contributed by atoms with Crippen molar-refractivity contribution in [1.29, 1.82) is 0 Å². The van der Waals surface area contributed by atoms with Crippen LogP contribution in [0.1, 0.15) is 5.56 Å². The van der Waals surface area contributed by atoms with Crippen LogP contribution in [0, 0.1) is 0 Å². The standard InChI is InChI=1S/C17H19Cl2N3O2S/c1-21(8-12-6-7-25-11-12)10-16(24)22(2)9-15(23)20-17-13(18)4-3-5-14(17)19/h3-7,11H,8-10H2,1-2H3,(H,20,23)/p+1. The van der Waals surface area contributed by atoms with Gasteiger partial charge in [-0.1, -0.05) is 29.3 Å². The van der Waals surface area contributed by atoms with E-state index in [1.165, 1.54) is 10.5 Å². The summed E-state index contributed by atoms with van der Waals surface area (Å²) in [5.74, 6) is -0.450. The molecule has 0 fully saturated rings. The Morgan fingerprint density at radius 2 is 1.92 bits per heavy atom. The number of nitrogens with one attached hydrogen (secondary N) is 2. The van der Waals surface area contributed by atoms with Crippen molar-refractivity contribution >= 4 is 52.0 Å². The third-order valence-corrected chi connectivity index (χ3v) is 4.93. The Kier molecular flexibility index (Phi) is 7.25. The van der Waals surface area contributed by atoms with E-state index in [0.717, 1.165) is 11.4 Å². The summed E-state index contributed by atoms with van der Waals surface area (Å²) in [6.45, 7) is 1.02. The summed E-state index contributed by atoms with van der Waals surface area (Å²) in [6.07, 6.45) is 0. The molecule has 0 aliphatic carbocycles. The largest absolute Gasteiger partial charge is 0.332 e. The predicted octanol–water partition coefficient (Wildman–Crippen LogP) is 2.17. The smallest absolute Gasteiger partial charge is 0.277 e. The van der Waals surface area contributed by atoms with Gasteiger partial charge in [0.2, 0.25) is 5.91 Å². The van der Waals surface area contributed by atoms with E-state index in [4.69, 9.17) is 23.2 Å². The van der Waals surface area contributed by atoms with Crippen LogP contribution in [-0.4, -0.2) is 43.9 Å². The summed E-state index contributed by atoms with van der Waals surface area (Å²) in [5, 5.41) is 7.45. The quantitative estimate of drug-likeness (QED) is 0.747. The molecular formula is C17H20Cl2N3O2S+. The van der Waals surface area contributed by atoms with E-state index >= 15 is 0 Å². The van der Waals surface area contributed by atoms with Gasteiger partial charge in [-0.3, -0.25) is 9.59 Å². The van der Waals surface area contributed by atoms with Crippen LogP contribution in [-0.2, 0) is 16.1 Å². The summed E-state index contributed by atoms with van der Waals surface area (Å²) < 4.78 is 0. The molecule has 0 radical (unpaired) electrons. The van der Waals surface area contributed by atoms with E-state index in [1.807, 2.05) is 18.5 Å². The maximum atomic E-state index is 12.3. The molecule has 1 aromatic carbocycles. The number of amides is 2. The van der Waals surface area contributed by atoms with Gasteiger partial charge in [-0.15, -0.1) is 0 Å².